The maximum absolute atomic E-state index is 12.3. The number of aromatic amines is 1. The average Bonchev–Trinajstić information content (AvgIpc) is 2.81. The Balaban J connectivity index is 1.37. The van der Waals surface area contributed by atoms with E-state index in [1.807, 2.05) is 56.6 Å². The minimum atomic E-state index is -0.341. The van der Waals surface area contributed by atoms with E-state index in [1.165, 1.54) is 5.56 Å². The number of benzene rings is 1. The lowest BCUT2D eigenvalue weighted by Crippen LogP contribution is -2.47. The number of nitrogens with one attached hydrogen (secondary N) is 1. The third-order valence-corrected chi connectivity index (χ3v) is 6.74. The van der Waals surface area contributed by atoms with Crippen LogP contribution in [-0.4, -0.2) is 39.5 Å². The molecule has 1 fully saturated rings. The first-order valence-corrected chi connectivity index (χ1v) is 11.0. The Kier molecular flexibility index (Phi) is 5.20. The third kappa shape index (κ3) is 3.70. The molecule has 0 atom stereocenters. The molecule has 2 aliphatic heterocycles. The number of aryl methyl sites for hydroxylation is 1. The van der Waals surface area contributed by atoms with Crippen LogP contribution in [-0.2, 0) is 23.3 Å². The average molecular weight is 417 g/mol. The number of hydrogen-bond donors (Lipinski definition) is 1. The molecule has 0 amide bonds. The fraction of sp³-hybridized carbons (Fsp3) is 0.400. The molecule has 1 spiro atoms. The smallest absolute Gasteiger partial charge is 0.187 e. The van der Waals surface area contributed by atoms with Crippen LogP contribution in [0.4, 0.5) is 0 Å². The van der Waals surface area contributed by atoms with E-state index in [4.69, 9.17) is 9.72 Å². The van der Waals surface area contributed by atoms with Crippen molar-refractivity contribution in [3.05, 3.63) is 81.0 Å². The zero-order chi connectivity index (χ0) is 21.4. The number of ether oxygens (including phenoxy) is 1. The largest absolute Gasteiger partial charge is 0.368 e. The first-order valence-electron chi connectivity index (χ1n) is 11.0. The Morgan fingerprint density at radius 1 is 1.16 bits per heavy atom. The van der Waals surface area contributed by atoms with Crippen LogP contribution in [0.15, 0.2) is 47.5 Å². The molecule has 5 rings (SSSR count). The van der Waals surface area contributed by atoms with E-state index in [2.05, 4.69) is 14.9 Å². The van der Waals surface area contributed by atoms with Crippen LogP contribution >= 0.6 is 0 Å². The van der Waals surface area contributed by atoms with Gasteiger partial charge < -0.3 is 9.72 Å². The van der Waals surface area contributed by atoms with Gasteiger partial charge in [0.15, 0.2) is 11.3 Å². The maximum Gasteiger partial charge on any atom is 0.187 e. The van der Waals surface area contributed by atoms with Gasteiger partial charge in [-0.25, -0.2) is 9.97 Å². The zero-order valence-corrected chi connectivity index (χ0v) is 18.1. The molecule has 6 heteroatoms. The Labute approximate surface area is 182 Å². The van der Waals surface area contributed by atoms with Gasteiger partial charge in [0, 0.05) is 54.4 Å². The lowest BCUT2D eigenvalue weighted by atomic mass is 9.83. The number of nitrogens with zero attached hydrogens (tertiary/aromatic N) is 3. The van der Waals surface area contributed by atoms with Crippen molar-refractivity contribution in [2.75, 3.05) is 19.7 Å². The summed E-state index contributed by atoms with van der Waals surface area (Å²) in [6.45, 7) is 7.03. The number of hydrogen-bond acceptors (Lipinski definition) is 5. The molecule has 2 aliphatic rings. The normalized spacial score (nSPS) is 18.1. The summed E-state index contributed by atoms with van der Waals surface area (Å²) < 4.78 is 6.41. The summed E-state index contributed by atoms with van der Waals surface area (Å²) >= 11 is 0. The van der Waals surface area contributed by atoms with E-state index in [0.29, 0.717) is 6.61 Å². The van der Waals surface area contributed by atoms with Gasteiger partial charge in [0.1, 0.15) is 5.60 Å². The fourth-order valence-corrected chi connectivity index (χ4v) is 4.78. The highest BCUT2D eigenvalue weighted by atomic mass is 16.5. The van der Waals surface area contributed by atoms with Gasteiger partial charge in [-0.05, 0) is 38.7 Å². The second-order valence-corrected chi connectivity index (χ2v) is 8.71. The highest BCUT2D eigenvalue weighted by Crippen LogP contribution is 2.41. The predicted octanol–water partition coefficient (Wildman–Crippen LogP) is 3.51. The molecule has 3 aromatic rings. The van der Waals surface area contributed by atoms with Gasteiger partial charge >= 0.3 is 0 Å². The second kappa shape index (κ2) is 8.02. The van der Waals surface area contributed by atoms with Gasteiger partial charge in [0.05, 0.1) is 12.3 Å². The fourth-order valence-electron chi connectivity index (χ4n) is 4.78. The van der Waals surface area contributed by atoms with Crippen molar-refractivity contribution >= 4 is 0 Å². The highest BCUT2D eigenvalue weighted by molar-refractivity contribution is 5.55. The molecule has 0 aliphatic carbocycles. The van der Waals surface area contributed by atoms with Crippen molar-refractivity contribution in [1.29, 1.82) is 0 Å². The third-order valence-electron chi connectivity index (χ3n) is 6.74. The summed E-state index contributed by atoms with van der Waals surface area (Å²) in [4.78, 5) is 27.6. The summed E-state index contributed by atoms with van der Waals surface area (Å²) in [5.41, 5.74) is 5.68. The Morgan fingerprint density at radius 2 is 1.94 bits per heavy atom. The second-order valence-electron chi connectivity index (χ2n) is 8.71. The zero-order valence-electron chi connectivity index (χ0n) is 18.1. The van der Waals surface area contributed by atoms with Crippen LogP contribution in [0, 0.1) is 13.8 Å². The molecule has 0 bridgehead atoms. The van der Waals surface area contributed by atoms with Crippen molar-refractivity contribution in [3.8, 4) is 11.4 Å². The van der Waals surface area contributed by atoms with Gasteiger partial charge in [0.2, 0.25) is 0 Å². The van der Waals surface area contributed by atoms with Crippen molar-refractivity contribution in [2.24, 2.45) is 0 Å². The number of aromatic nitrogens is 3. The standard InChI is InChI=1S/C25H28N4O2/c1-17-14-26-21(18(2)22(17)30)16-29-11-9-25(10-12-29)23-20(8-13-31-25)15-27-24(28-23)19-6-4-3-5-7-19/h3-7,14-15H,8-13,16H2,1-2H3,(H,26,30). The number of pyridine rings is 1. The van der Waals surface area contributed by atoms with Crippen LogP contribution in [0.3, 0.4) is 0 Å². The topological polar surface area (TPSA) is 71.1 Å². The van der Waals surface area contributed by atoms with E-state index in [0.717, 1.165) is 72.8 Å². The Hall–Kier alpha value is -2.83. The number of fused-ring (bicyclic) bond motifs is 2. The van der Waals surface area contributed by atoms with Crippen LogP contribution in [0.25, 0.3) is 11.4 Å². The molecule has 6 nitrogen and oxygen atoms in total. The Morgan fingerprint density at radius 3 is 2.71 bits per heavy atom. The summed E-state index contributed by atoms with van der Waals surface area (Å²) in [5, 5.41) is 0. The molecular weight excluding hydrogens is 388 g/mol. The predicted molar refractivity (Wildman–Crippen MR) is 120 cm³/mol. The van der Waals surface area contributed by atoms with Gasteiger partial charge in [-0.1, -0.05) is 30.3 Å². The van der Waals surface area contributed by atoms with Crippen molar-refractivity contribution < 1.29 is 4.74 Å². The summed E-state index contributed by atoms with van der Waals surface area (Å²) in [6.07, 6.45) is 6.45. The van der Waals surface area contributed by atoms with Crippen LogP contribution < -0.4 is 5.43 Å². The maximum atomic E-state index is 12.3. The number of piperidine rings is 1. The monoisotopic (exact) mass is 416 g/mol. The van der Waals surface area contributed by atoms with E-state index in [-0.39, 0.29) is 11.0 Å². The van der Waals surface area contributed by atoms with Crippen molar-refractivity contribution in [2.45, 2.75) is 45.3 Å². The number of H-pyrrole nitrogens is 1. The molecule has 1 N–H and O–H groups in total. The highest BCUT2D eigenvalue weighted by Gasteiger charge is 2.42. The summed E-state index contributed by atoms with van der Waals surface area (Å²) in [6, 6.07) is 10.1. The van der Waals surface area contributed by atoms with Gasteiger partial charge in [-0.15, -0.1) is 0 Å². The molecule has 31 heavy (non-hydrogen) atoms. The lowest BCUT2D eigenvalue weighted by Gasteiger charge is -2.44. The molecule has 0 saturated carbocycles. The minimum Gasteiger partial charge on any atom is -0.368 e. The molecule has 160 valence electrons. The van der Waals surface area contributed by atoms with Gasteiger partial charge in [-0.3, -0.25) is 9.69 Å². The van der Waals surface area contributed by atoms with Crippen molar-refractivity contribution in [1.82, 2.24) is 19.9 Å². The molecule has 1 aromatic carbocycles. The van der Waals surface area contributed by atoms with Crippen LogP contribution in [0.5, 0.6) is 0 Å². The van der Waals surface area contributed by atoms with E-state index < -0.39 is 0 Å². The first-order chi connectivity index (χ1) is 15.1. The molecule has 0 unspecified atom stereocenters. The molecule has 1 saturated heterocycles. The number of rotatable bonds is 3. The van der Waals surface area contributed by atoms with Crippen LogP contribution in [0.1, 0.15) is 40.9 Å². The van der Waals surface area contributed by atoms with E-state index in [9.17, 15) is 4.79 Å². The Bertz CT molecular complexity index is 1150. The molecule has 2 aromatic heterocycles. The molecule has 0 radical (unpaired) electrons. The minimum absolute atomic E-state index is 0.136. The van der Waals surface area contributed by atoms with Gasteiger partial charge in [-0.2, -0.15) is 0 Å². The van der Waals surface area contributed by atoms with Gasteiger partial charge in [0.25, 0.3) is 0 Å². The summed E-state index contributed by atoms with van der Waals surface area (Å²) in [7, 11) is 0. The van der Waals surface area contributed by atoms with E-state index in [1.54, 1.807) is 0 Å². The first kappa shape index (κ1) is 20.1. The molecular formula is C25H28N4O2. The molecule has 4 heterocycles. The van der Waals surface area contributed by atoms with Crippen LogP contribution in [0.2, 0.25) is 0 Å². The van der Waals surface area contributed by atoms with E-state index >= 15 is 0 Å². The quantitative estimate of drug-likeness (QED) is 0.707. The lowest BCUT2D eigenvalue weighted by molar-refractivity contribution is -0.102. The summed E-state index contributed by atoms with van der Waals surface area (Å²) in [5.74, 6) is 0.763. The van der Waals surface area contributed by atoms with Crippen molar-refractivity contribution in [3.63, 3.8) is 0 Å². The SMILES string of the molecule is Cc1c[nH]c(CN2CCC3(CC2)OCCc2cnc(-c4ccccc4)nc23)c(C)c1=O. The number of likely N-dealkylation sites (tertiary alicyclic amines) is 1.